The van der Waals surface area contributed by atoms with E-state index in [2.05, 4.69) is 16.7 Å². The molecule has 0 saturated carbocycles. The van der Waals surface area contributed by atoms with Crippen LogP contribution in [-0.2, 0) is 19.7 Å². The second kappa shape index (κ2) is 14.4. The lowest BCUT2D eigenvalue weighted by Gasteiger charge is -2.42. The number of para-hydroxylation sites is 4. The van der Waals surface area contributed by atoms with Gasteiger partial charge in [0.1, 0.15) is 25.7 Å². The van der Waals surface area contributed by atoms with Crippen LogP contribution in [0.2, 0.25) is 0 Å². The molecule has 0 fully saturated rings. The highest BCUT2D eigenvalue weighted by atomic mass is 33.1. The van der Waals surface area contributed by atoms with Crippen molar-refractivity contribution in [3.8, 4) is 0 Å². The number of benzene rings is 4. The van der Waals surface area contributed by atoms with Gasteiger partial charge in [-0.05, 0) is 76.5 Å². The van der Waals surface area contributed by atoms with E-state index in [1.54, 1.807) is 26.2 Å². The van der Waals surface area contributed by atoms with Gasteiger partial charge in [-0.15, -0.1) is 0 Å². The molecule has 0 aliphatic heterocycles. The summed E-state index contributed by atoms with van der Waals surface area (Å²) in [4.78, 5) is 7.25. The van der Waals surface area contributed by atoms with Crippen LogP contribution in [-0.4, -0.2) is 71.3 Å². The minimum absolute atomic E-state index is 0.193. The zero-order valence-corrected chi connectivity index (χ0v) is 27.4. The van der Waals surface area contributed by atoms with Gasteiger partial charge in [-0.25, -0.2) is 8.42 Å². The van der Waals surface area contributed by atoms with Gasteiger partial charge in [0.25, 0.3) is 0 Å². The van der Waals surface area contributed by atoms with Crippen molar-refractivity contribution >= 4 is 42.4 Å². The van der Waals surface area contributed by atoms with E-state index in [1.165, 1.54) is 0 Å². The van der Waals surface area contributed by atoms with Crippen molar-refractivity contribution < 1.29 is 13.1 Å². The average Bonchev–Trinajstić information content (AvgIpc) is 3.02. The van der Waals surface area contributed by atoms with Crippen LogP contribution in [0.25, 0.3) is 0 Å². The van der Waals surface area contributed by atoms with E-state index in [9.17, 15) is 13.6 Å². The lowest BCUT2D eigenvalue weighted by Crippen LogP contribution is -2.47. The van der Waals surface area contributed by atoms with E-state index >= 15 is 0 Å². The van der Waals surface area contributed by atoms with Crippen LogP contribution < -0.4 is 9.80 Å². The molecule has 4 rings (SSSR count). The normalized spacial score (nSPS) is 14.6. The summed E-state index contributed by atoms with van der Waals surface area (Å²) < 4.78 is 28.2. The summed E-state index contributed by atoms with van der Waals surface area (Å²) in [5, 5.41) is 12.8. The smallest absolute Gasteiger partial charge is 0.150 e. The molecule has 4 atom stereocenters. The van der Waals surface area contributed by atoms with E-state index in [0.717, 1.165) is 17.1 Å². The van der Waals surface area contributed by atoms with Crippen LogP contribution in [0.4, 0.5) is 22.7 Å². The van der Waals surface area contributed by atoms with E-state index in [1.807, 2.05) is 123 Å². The highest BCUT2D eigenvalue weighted by molar-refractivity contribution is 8.61. The summed E-state index contributed by atoms with van der Waals surface area (Å²) in [5.41, 5.74) is 3.26. The fraction of sp³-hybridized carbons (Fsp3) is 0.294. The maximum atomic E-state index is 14.3. The standard InChI is InChI=1S/C34H42N4O3S2/c1-27(35(3)4)25-36(29-17-9-7-10-18-29)31-21-13-15-23-33(31)42(40)43(41)34-24-16-14-22-32(34)37(26-28(2)38(5,6)39)30-19-11-8-12-20-30/h7-24,27-28H,25-26H2,1-6H3. The Bertz CT molecular complexity index is 1530. The number of quaternary nitrogens is 1. The number of nitrogens with zero attached hydrogens (tertiary/aromatic N) is 4. The van der Waals surface area contributed by atoms with Crippen molar-refractivity contribution in [1.29, 1.82) is 0 Å². The predicted molar refractivity (Wildman–Crippen MR) is 181 cm³/mol. The molecule has 4 aromatic rings. The van der Waals surface area contributed by atoms with Gasteiger partial charge >= 0.3 is 0 Å². The van der Waals surface area contributed by atoms with E-state index in [4.69, 9.17) is 0 Å². The summed E-state index contributed by atoms with van der Waals surface area (Å²) >= 11 is 0. The number of rotatable bonds is 13. The second-order valence-electron chi connectivity index (χ2n) is 11.4. The van der Waals surface area contributed by atoms with E-state index in [-0.39, 0.29) is 12.1 Å². The Kier molecular flexibility index (Phi) is 10.9. The molecule has 0 aliphatic carbocycles. The Morgan fingerprint density at radius 3 is 1.40 bits per heavy atom. The minimum atomic E-state index is -1.92. The third-order valence-electron chi connectivity index (χ3n) is 7.78. The molecule has 0 aliphatic rings. The van der Waals surface area contributed by atoms with E-state index in [0.29, 0.717) is 28.6 Å². The molecule has 0 spiro atoms. The monoisotopic (exact) mass is 618 g/mol. The first-order chi connectivity index (χ1) is 20.5. The molecular weight excluding hydrogens is 577 g/mol. The van der Waals surface area contributed by atoms with Crippen LogP contribution in [0.5, 0.6) is 0 Å². The molecule has 0 N–H and O–H groups in total. The quantitative estimate of drug-likeness (QED) is 0.0943. The molecule has 0 saturated heterocycles. The lowest BCUT2D eigenvalue weighted by molar-refractivity contribution is -0.862. The number of anilines is 4. The molecule has 7 nitrogen and oxygen atoms in total. The molecule has 0 radical (unpaired) electrons. The first-order valence-electron chi connectivity index (χ1n) is 14.4. The molecule has 228 valence electrons. The SMILES string of the molecule is CC(CN(c1ccccc1)c1ccccc1S(=O)S(=O)c1ccccc1N(CC(C)[N+](C)(C)[O-])c1ccccc1)N(C)C. The minimum Gasteiger partial charge on any atom is -0.633 e. The average molecular weight is 619 g/mol. The summed E-state index contributed by atoms with van der Waals surface area (Å²) in [5.74, 6) is 0. The van der Waals surface area contributed by atoms with Crippen LogP contribution in [0.1, 0.15) is 13.8 Å². The van der Waals surface area contributed by atoms with Gasteiger partial charge in [0.15, 0.2) is 0 Å². The predicted octanol–water partition coefficient (Wildman–Crippen LogP) is 6.71. The topological polar surface area (TPSA) is 66.9 Å². The first-order valence-corrected chi connectivity index (χ1v) is 17.2. The maximum Gasteiger partial charge on any atom is 0.150 e. The van der Waals surface area contributed by atoms with Crippen molar-refractivity contribution in [2.75, 3.05) is 51.1 Å². The largest absolute Gasteiger partial charge is 0.633 e. The van der Waals surface area contributed by atoms with Crippen molar-refractivity contribution in [1.82, 2.24) is 4.90 Å². The fourth-order valence-electron chi connectivity index (χ4n) is 4.60. The molecule has 0 aromatic heterocycles. The molecular formula is C34H42N4O3S2. The van der Waals surface area contributed by atoms with Gasteiger partial charge in [-0.1, -0.05) is 60.7 Å². The lowest BCUT2D eigenvalue weighted by atomic mass is 10.2. The van der Waals surface area contributed by atoms with Gasteiger partial charge in [0.05, 0.1) is 41.8 Å². The zero-order chi connectivity index (χ0) is 31.1. The third-order valence-corrected chi connectivity index (χ3v) is 11.4. The molecule has 0 heterocycles. The number of hydrogen-bond acceptors (Lipinski definition) is 6. The molecule has 9 heteroatoms. The van der Waals surface area contributed by atoms with E-state index < -0.39 is 24.3 Å². The highest BCUT2D eigenvalue weighted by Gasteiger charge is 2.28. The summed E-state index contributed by atoms with van der Waals surface area (Å²) in [7, 11) is 3.51. The highest BCUT2D eigenvalue weighted by Crippen LogP contribution is 2.36. The zero-order valence-electron chi connectivity index (χ0n) is 25.8. The Hall–Kier alpha value is -3.34. The van der Waals surface area contributed by atoms with Crippen molar-refractivity contribution in [2.24, 2.45) is 0 Å². The first kappa shape index (κ1) is 32.6. The Morgan fingerprint density at radius 2 is 1.00 bits per heavy atom. The van der Waals surface area contributed by atoms with Crippen LogP contribution in [0, 0.1) is 5.21 Å². The summed E-state index contributed by atoms with van der Waals surface area (Å²) in [6, 6.07) is 34.5. The third kappa shape index (κ3) is 7.99. The van der Waals surface area contributed by atoms with Gasteiger partial charge in [-0.3, -0.25) is 0 Å². The number of hydroxylamine groups is 3. The molecule has 4 aromatic carbocycles. The second-order valence-corrected chi connectivity index (χ2v) is 15.0. The van der Waals surface area contributed by atoms with Crippen LogP contribution in [0.3, 0.4) is 0 Å². The van der Waals surface area contributed by atoms with Crippen LogP contribution in [0.15, 0.2) is 119 Å². The van der Waals surface area contributed by atoms with Gasteiger partial charge in [-0.2, -0.15) is 0 Å². The molecule has 0 amide bonds. The summed E-state index contributed by atoms with van der Waals surface area (Å²) in [6.45, 7) is 5.09. The van der Waals surface area contributed by atoms with Gasteiger partial charge in [0, 0.05) is 24.0 Å². The fourth-order valence-corrected chi connectivity index (χ4v) is 7.82. The Labute approximate surface area is 260 Å². The van der Waals surface area contributed by atoms with Gasteiger partial charge in [0.2, 0.25) is 0 Å². The Morgan fingerprint density at radius 1 is 0.628 bits per heavy atom. The van der Waals surface area contributed by atoms with Crippen molar-refractivity contribution in [2.45, 2.75) is 35.7 Å². The molecule has 43 heavy (non-hydrogen) atoms. The number of hydrogen-bond donors (Lipinski definition) is 0. The van der Waals surface area contributed by atoms with Gasteiger partial charge < -0.3 is 24.6 Å². The Balaban J connectivity index is 1.78. The van der Waals surface area contributed by atoms with Crippen molar-refractivity contribution in [3.63, 3.8) is 0 Å². The molecule has 4 unspecified atom stereocenters. The summed E-state index contributed by atoms with van der Waals surface area (Å²) in [6.07, 6.45) is 0. The van der Waals surface area contributed by atoms with Crippen molar-refractivity contribution in [3.05, 3.63) is 114 Å². The number of likely N-dealkylation sites (N-methyl/N-ethyl adjacent to an activating group) is 2. The maximum absolute atomic E-state index is 14.3. The van der Waals surface area contributed by atoms with Crippen LogP contribution >= 0.6 is 0 Å². The molecule has 0 bridgehead atoms.